The molecule has 0 aliphatic rings. The molecule has 0 saturated carbocycles. The van der Waals surface area contributed by atoms with E-state index in [0.29, 0.717) is 0 Å². The molecular weight excluding hydrogens is 180 g/mol. The van der Waals surface area contributed by atoms with Crippen molar-refractivity contribution < 1.29 is 0 Å². The number of halogens is 1. The minimum absolute atomic E-state index is 0.111. The first kappa shape index (κ1) is 10.3. The van der Waals surface area contributed by atoms with Gasteiger partial charge < -0.3 is 0 Å². The maximum absolute atomic E-state index is 6.07. The molecule has 70 valence electrons. The SMILES string of the molecule is C=C(C)C(Cl)CCc1ccccc1. The quantitative estimate of drug-likeness (QED) is 0.505. The Morgan fingerprint density at radius 2 is 2.00 bits per heavy atom. The molecule has 0 aliphatic heterocycles. The fourth-order valence-electron chi connectivity index (χ4n) is 1.18. The van der Waals surface area contributed by atoms with E-state index < -0.39 is 0 Å². The van der Waals surface area contributed by atoms with Crippen LogP contribution in [-0.2, 0) is 6.42 Å². The molecule has 0 fully saturated rings. The van der Waals surface area contributed by atoms with Crippen LogP contribution in [0.15, 0.2) is 42.5 Å². The molecule has 0 aliphatic carbocycles. The third-order valence-corrected chi connectivity index (χ3v) is 2.65. The lowest BCUT2D eigenvalue weighted by Gasteiger charge is -2.08. The van der Waals surface area contributed by atoms with Crippen LogP contribution in [0.1, 0.15) is 18.9 Å². The highest BCUT2D eigenvalue weighted by molar-refractivity contribution is 6.22. The van der Waals surface area contributed by atoms with E-state index in [1.54, 1.807) is 0 Å². The summed E-state index contributed by atoms with van der Waals surface area (Å²) < 4.78 is 0. The van der Waals surface area contributed by atoms with Crippen molar-refractivity contribution in [3.05, 3.63) is 48.0 Å². The topological polar surface area (TPSA) is 0 Å². The number of rotatable bonds is 4. The van der Waals surface area contributed by atoms with Crippen LogP contribution >= 0.6 is 11.6 Å². The van der Waals surface area contributed by atoms with Crippen LogP contribution in [0.3, 0.4) is 0 Å². The molecule has 0 N–H and O–H groups in total. The van der Waals surface area contributed by atoms with E-state index in [4.69, 9.17) is 11.6 Å². The summed E-state index contributed by atoms with van der Waals surface area (Å²) in [6.45, 7) is 5.81. The molecule has 0 amide bonds. The zero-order chi connectivity index (χ0) is 9.68. The Kier molecular flexibility index (Phi) is 4.04. The van der Waals surface area contributed by atoms with Crippen molar-refractivity contribution >= 4 is 11.6 Å². The Labute approximate surface area is 85.2 Å². The summed E-state index contributed by atoms with van der Waals surface area (Å²) in [6, 6.07) is 10.4. The van der Waals surface area contributed by atoms with Gasteiger partial charge in [-0.3, -0.25) is 0 Å². The van der Waals surface area contributed by atoms with Crippen molar-refractivity contribution in [2.45, 2.75) is 25.1 Å². The molecule has 0 saturated heterocycles. The summed E-state index contributed by atoms with van der Waals surface area (Å²) in [5.74, 6) is 0. The van der Waals surface area contributed by atoms with Crippen molar-refractivity contribution in [3.63, 3.8) is 0 Å². The van der Waals surface area contributed by atoms with Crippen molar-refractivity contribution in [1.82, 2.24) is 0 Å². The van der Waals surface area contributed by atoms with Gasteiger partial charge in [0.15, 0.2) is 0 Å². The number of alkyl halides is 1. The summed E-state index contributed by atoms with van der Waals surface area (Å²) >= 11 is 6.07. The van der Waals surface area contributed by atoms with E-state index in [1.165, 1.54) is 5.56 Å². The number of hydrogen-bond donors (Lipinski definition) is 0. The van der Waals surface area contributed by atoms with Crippen LogP contribution < -0.4 is 0 Å². The van der Waals surface area contributed by atoms with Gasteiger partial charge in [0.1, 0.15) is 0 Å². The maximum Gasteiger partial charge on any atom is 0.0543 e. The number of allylic oxidation sites excluding steroid dienone is 1. The van der Waals surface area contributed by atoms with E-state index in [-0.39, 0.29) is 5.38 Å². The van der Waals surface area contributed by atoms with E-state index in [1.807, 2.05) is 13.0 Å². The lowest BCUT2D eigenvalue weighted by molar-refractivity contribution is 0.821. The minimum Gasteiger partial charge on any atom is -0.118 e. The molecule has 13 heavy (non-hydrogen) atoms. The molecule has 0 bridgehead atoms. The minimum atomic E-state index is 0.111. The number of aryl methyl sites for hydroxylation is 1. The monoisotopic (exact) mass is 194 g/mol. The second kappa shape index (κ2) is 5.08. The van der Waals surface area contributed by atoms with Gasteiger partial charge in [-0.05, 0) is 25.3 Å². The van der Waals surface area contributed by atoms with Crippen LogP contribution in [0.2, 0.25) is 0 Å². The van der Waals surface area contributed by atoms with Crippen molar-refractivity contribution in [2.75, 3.05) is 0 Å². The zero-order valence-electron chi connectivity index (χ0n) is 7.96. The summed E-state index contributed by atoms with van der Waals surface area (Å²) in [5.41, 5.74) is 2.40. The predicted molar refractivity (Wildman–Crippen MR) is 59.2 cm³/mol. The van der Waals surface area contributed by atoms with Crippen LogP contribution in [0.25, 0.3) is 0 Å². The normalized spacial score (nSPS) is 12.5. The third kappa shape index (κ3) is 3.65. The maximum atomic E-state index is 6.07. The summed E-state index contributed by atoms with van der Waals surface area (Å²) in [4.78, 5) is 0. The molecule has 1 heteroatoms. The Hall–Kier alpha value is -0.750. The Morgan fingerprint density at radius 1 is 1.38 bits per heavy atom. The van der Waals surface area contributed by atoms with Crippen LogP contribution in [-0.4, -0.2) is 5.38 Å². The van der Waals surface area contributed by atoms with Gasteiger partial charge in [-0.15, -0.1) is 11.6 Å². The van der Waals surface area contributed by atoms with Crippen LogP contribution in [0.4, 0.5) is 0 Å². The Bertz CT molecular complexity index is 264. The zero-order valence-corrected chi connectivity index (χ0v) is 8.72. The highest BCUT2D eigenvalue weighted by Crippen LogP contribution is 2.14. The van der Waals surface area contributed by atoms with Crippen molar-refractivity contribution in [1.29, 1.82) is 0 Å². The van der Waals surface area contributed by atoms with Gasteiger partial charge in [0, 0.05) is 0 Å². The molecule has 1 unspecified atom stereocenters. The molecule has 1 aromatic rings. The van der Waals surface area contributed by atoms with Gasteiger partial charge in [-0.25, -0.2) is 0 Å². The lowest BCUT2D eigenvalue weighted by Crippen LogP contribution is -2.01. The van der Waals surface area contributed by atoms with Crippen molar-refractivity contribution in [3.8, 4) is 0 Å². The van der Waals surface area contributed by atoms with E-state index in [9.17, 15) is 0 Å². The molecule has 0 heterocycles. The second-order valence-electron chi connectivity index (χ2n) is 3.34. The lowest BCUT2D eigenvalue weighted by atomic mass is 10.1. The highest BCUT2D eigenvalue weighted by Gasteiger charge is 2.04. The van der Waals surface area contributed by atoms with Crippen LogP contribution in [0, 0.1) is 0 Å². The first-order chi connectivity index (χ1) is 6.20. The molecular formula is C12H15Cl. The highest BCUT2D eigenvalue weighted by atomic mass is 35.5. The molecule has 0 radical (unpaired) electrons. The number of benzene rings is 1. The van der Waals surface area contributed by atoms with Crippen LogP contribution in [0.5, 0.6) is 0 Å². The third-order valence-electron chi connectivity index (χ3n) is 2.06. The van der Waals surface area contributed by atoms with Gasteiger partial charge in [0.25, 0.3) is 0 Å². The van der Waals surface area contributed by atoms with Crippen molar-refractivity contribution in [2.24, 2.45) is 0 Å². The molecule has 1 atom stereocenters. The molecule has 0 aromatic heterocycles. The first-order valence-corrected chi connectivity index (χ1v) is 4.97. The molecule has 0 nitrogen and oxygen atoms in total. The summed E-state index contributed by atoms with van der Waals surface area (Å²) in [5, 5.41) is 0.111. The Morgan fingerprint density at radius 3 is 2.54 bits per heavy atom. The molecule has 0 spiro atoms. The van der Waals surface area contributed by atoms with E-state index in [0.717, 1.165) is 18.4 Å². The second-order valence-corrected chi connectivity index (χ2v) is 3.86. The van der Waals surface area contributed by atoms with Gasteiger partial charge in [-0.2, -0.15) is 0 Å². The van der Waals surface area contributed by atoms with E-state index in [2.05, 4.69) is 30.8 Å². The summed E-state index contributed by atoms with van der Waals surface area (Å²) in [7, 11) is 0. The fourth-order valence-corrected chi connectivity index (χ4v) is 1.29. The fraction of sp³-hybridized carbons (Fsp3) is 0.333. The predicted octanol–water partition coefficient (Wildman–Crippen LogP) is 3.80. The van der Waals surface area contributed by atoms with Gasteiger partial charge in [0.2, 0.25) is 0 Å². The average molecular weight is 195 g/mol. The largest absolute Gasteiger partial charge is 0.118 e. The first-order valence-electron chi connectivity index (χ1n) is 4.53. The summed E-state index contributed by atoms with van der Waals surface area (Å²) in [6.07, 6.45) is 2.00. The van der Waals surface area contributed by atoms with E-state index >= 15 is 0 Å². The standard InChI is InChI=1S/C12H15Cl/c1-10(2)12(13)9-8-11-6-4-3-5-7-11/h3-7,12H,1,8-9H2,2H3. The van der Waals surface area contributed by atoms with Gasteiger partial charge >= 0.3 is 0 Å². The molecule has 1 aromatic carbocycles. The molecule has 1 rings (SSSR count). The van der Waals surface area contributed by atoms with Gasteiger partial charge in [0.05, 0.1) is 5.38 Å². The average Bonchev–Trinajstić information content (AvgIpc) is 2.15. The Balaban J connectivity index is 2.39. The number of hydrogen-bond acceptors (Lipinski definition) is 0. The smallest absolute Gasteiger partial charge is 0.0543 e. The van der Waals surface area contributed by atoms with Gasteiger partial charge in [-0.1, -0.05) is 42.5 Å².